The third-order valence-corrected chi connectivity index (χ3v) is 6.19. The molecule has 6 heteroatoms. The molecule has 6 nitrogen and oxygen atoms in total. The molecule has 1 saturated carbocycles. The maximum Gasteiger partial charge on any atom is 0.416 e. The Morgan fingerprint density at radius 3 is 2.65 bits per heavy atom. The fourth-order valence-corrected chi connectivity index (χ4v) is 4.62. The van der Waals surface area contributed by atoms with Gasteiger partial charge in [-0.25, -0.2) is 9.78 Å². The van der Waals surface area contributed by atoms with Gasteiger partial charge in [-0.1, -0.05) is 6.42 Å². The van der Waals surface area contributed by atoms with Crippen molar-refractivity contribution in [3.8, 4) is 0 Å². The molecule has 0 aromatic carbocycles. The normalized spacial score (nSPS) is 23.3. The molecule has 26 heavy (non-hydrogen) atoms. The molecular weight excluding hydrogens is 330 g/mol. The Kier molecular flexibility index (Phi) is 4.59. The van der Waals surface area contributed by atoms with Gasteiger partial charge in [-0.15, -0.1) is 0 Å². The number of pyridine rings is 1. The molecular formula is C20H27N3O3. The first-order valence-corrected chi connectivity index (χ1v) is 9.78. The van der Waals surface area contributed by atoms with Crippen molar-refractivity contribution in [1.29, 1.82) is 0 Å². The zero-order valence-electron chi connectivity index (χ0n) is 15.4. The van der Waals surface area contributed by atoms with Crippen LogP contribution in [-0.4, -0.2) is 47.1 Å². The molecule has 0 N–H and O–H groups in total. The summed E-state index contributed by atoms with van der Waals surface area (Å²) >= 11 is 0. The van der Waals surface area contributed by atoms with Gasteiger partial charge in [0.05, 0.1) is 6.54 Å². The molecule has 140 valence electrons. The van der Waals surface area contributed by atoms with Gasteiger partial charge in [0.2, 0.25) is 5.91 Å². The van der Waals surface area contributed by atoms with E-state index in [-0.39, 0.29) is 17.6 Å². The number of hydrogen-bond donors (Lipinski definition) is 0. The van der Waals surface area contributed by atoms with Crippen LogP contribution in [0.25, 0.3) is 0 Å². The van der Waals surface area contributed by atoms with Crippen LogP contribution in [0.5, 0.6) is 0 Å². The summed E-state index contributed by atoms with van der Waals surface area (Å²) in [5, 5.41) is 0. The minimum atomic E-state index is -0.306. The van der Waals surface area contributed by atoms with Crippen LogP contribution < -0.4 is 4.90 Å². The lowest BCUT2D eigenvalue weighted by Gasteiger charge is -2.32. The molecule has 0 unspecified atom stereocenters. The van der Waals surface area contributed by atoms with Crippen molar-refractivity contribution in [3.63, 3.8) is 0 Å². The van der Waals surface area contributed by atoms with Gasteiger partial charge in [0.1, 0.15) is 11.4 Å². The summed E-state index contributed by atoms with van der Waals surface area (Å²) in [5.74, 6) is 1.26. The maximum atomic E-state index is 12.5. The number of piperidine rings is 1. The average Bonchev–Trinajstić information content (AvgIpc) is 2.98. The summed E-state index contributed by atoms with van der Waals surface area (Å²) in [4.78, 5) is 32.0. The Hall–Kier alpha value is -2.11. The van der Waals surface area contributed by atoms with Crippen molar-refractivity contribution in [2.24, 2.45) is 0 Å². The van der Waals surface area contributed by atoms with E-state index in [9.17, 15) is 9.59 Å². The highest BCUT2D eigenvalue weighted by Crippen LogP contribution is 2.39. The zero-order chi connectivity index (χ0) is 18.1. The van der Waals surface area contributed by atoms with Gasteiger partial charge in [-0.2, -0.15) is 0 Å². The van der Waals surface area contributed by atoms with Crippen molar-refractivity contribution >= 4 is 17.8 Å². The van der Waals surface area contributed by atoms with Crippen molar-refractivity contribution in [2.75, 3.05) is 24.5 Å². The van der Waals surface area contributed by atoms with Crippen LogP contribution in [0.1, 0.15) is 63.4 Å². The van der Waals surface area contributed by atoms with Gasteiger partial charge >= 0.3 is 6.09 Å². The largest absolute Gasteiger partial charge is 0.441 e. The Balaban J connectivity index is 1.48. The van der Waals surface area contributed by atoms with Crippen LogP contribution in [0, 0.1) is 0 Å². The molecule has 0 radical (unpaired) electrons. The monoisotopic (exact) mass is 357 g/mol. The second-order valence-electron chi connectivity index (χ2n) is 7.93. The highest BCUT2D eigenvalue weighted by atomic mass is 16.6. The Labute approximate surface area is 154 Å². The van der Waals surface area contributed by atoms with Crippen molar-refractivity contribution in [3.05, 3.63) is 23.9 Å². The van der Waals surface area contributed by atoms with Crippen LogP contribution in [0.2, 0.25) is 0 Å². The molecule has 4 rings (SSSR count). The van der Waals surface area contributed by atoms with E-state index in [4.69, 9.17) is 4.74 Å². The fourth-order valence-electron chi connectivity index (χ4n) is 4.62. The third-order valence-electron chi connectivity index (χ3n) is 6.19. The summed E-state index contributed by atoms with van der Waals surface area (Å²) in [6.45, 7) is 3.84. The fraction of sp³-hybridized carbons (Fsp3) is 0.650. The molecule has 3 aliphatic rings. The topological polar surface area (TPSA) is 62.7 Å². The number of likely N-dealkylation sites (tertiary alicyclic amines) is 1. The average molecular weight is 357 g/mol. The van der Waals surface area contributed by atoms with E-state index in [1.807, 2.05) is 17.0 Å². The van der Waals surface area contributed by atoms with E-state index in [0.717, 1.165) is 51.6 Å². The van der Waals surface area contributed by atoms with Crippen LogP contribution in [-0.2, 0) is 9.53 Å². The highest BCUT2D eigenvalue weighted by molar-refractivity contribution is 5.89. The van der Waals surface area contributed by atoms with E-state index in [1.54, 1.807) is 18.0 Å². The first kappa shape index (κ1) is 17.3. The van der Waals surface area contributed by atoms with Gasteiger partial charge in [-0.3, -0.25) is 9.69 Å². The van der Waals surface area contributed by atoms with Crippen molar-refractivity contribution in [1.82, 2.24) is 9.88 Å². The molecule has 2 amide bonds. The van der Waals surface area contributed by atoms with Gasteiger partial charge < -0.3 is 9.64 Å². The molecule has 3 heterocycles. The number of aromatic nitrogens is 1. The second-order valence-corrected chi connectivity index (χ2v) is 7.93. The molecule has 0 atom stereocenters. The van der Waals surface area contributed by atoms with E-state index < -0.39 is 0 Å². The Morgan fingerprint density at radius 1 is 1.23 bits per heavy atom. The number of carbonyl (C=O) groups excluding carboxylic acids is 2. The first-order chi connectivity index (χ1) is 12.6. The highest BCUT2D eigenvalue weighted by Gasteiger charge is 2.46. The minimum absolute atomic E-state index is 0.149. The predicted octanol–water partition coefficient (Wildman–Crippen LogP) is 3.47. The third kappa shape index (κ3) is 3.29. The molecule has 0 bridgehead atoms. The van der Waals surface area contributed by atoms with Crippen LogP contribution in [0.15, 0.2) is 18.3 Å². The lowest BCUT2D eigenvalue weighted by atomic mass is 9.85. The molecule has 2 aliphatic heterocycles. The number of ether oxygens (including phenoxy) is 1. The van der Waals surface area contributed by atoms with Gasteiger partial charge in [0.25, 0.3) is 0 Å². The lowest BCUT2D eigenvalue weighted by Crippen LogP contribution is -2.37. The van der Waals surface area contributed by atoms with Crippen molar-refractivity contribution < 1.29 is 14.3 Å². The molecule has 1 spiro atoms. The summed E-state index contributed by atoms with van der Waals surface area (Å²) in [6, 6.07) is 4.08. The van der Waals surface area contributed by atoms with Crippen molar-refractivity contribution in [2.45, 2.75) is 63.4 Å². The predicted molar refractivity (Wildman–Crippen MR) is 98.1 cm³/mol. The summed E-state index contributed by atoms with van der Waals surface area (Å²) in [7, 11) is 0. The number of hydrogen-bond acceptors (Lipinski definition) is 4. The van der Waals surface area contributed by atoms with Gasteiger partial charge in [0.15, 0.2) is 0 Å². The maximum absolute atomic E-state index is 12.5. The van der Waals surface area contributed by atoms with E-state index in [2.05, 4.69) is 4.98 Å². The summed E-state index contributed by atoms with van der Waals surface area (Å²) in [6.07, 6.45) is 8.84. The summed E-state index contributed by atoms with van der Waals surface area (Å²) < 4.78 is 5.79. The van der Waals surface area contributed by atoms with Gasteiger partial charge in [-0.05, 0) is 62.1 Å². The molecule has 1 aromatic rings. The molecule has 2 saturated heterocycles. The number of anilines is 1. The van der Waals surface area contributed by atoms with Crippen LogP contribution >= 0.6 is 0 Å². The summed E-state index contributed by atoms with van der Waals surface area (Å²) in [5.41, 5.74) is 0.899. The number of rotatable bonds is 2. The lowest BCUT2D eigenvalue weighted by molar-refractivity contribution is -0.129. The van der Waals surface area contributed by atoms with Crippen LogP contribution in [0.3, 0.4) is 0 Å². The van der Waals surface area contributed by atoms with Crippen LogP contribution in [0.4, 0.5) is 10.6 Å². The van der Waals surface area contributed by atoms with Gasteiger partial charge in [0, 0.05) is 26.2 Å². The molecule has 1 aromatic heterocycles. The molecule has 1 aliphatic carbocycles. The quantitative estimate of drug-likeness (QED) is 0.813. The second kappa shape index (κ2) is 6.89. The Bertz CT molecular complexity index is 691. The zero-order valence-corrected chi connectivity index (χ0v) is 15.4. The number of amides is 2. The minimum Gasteiger partial charge on any atom is -0.441 e. The SMILES string of the molecule is CC(=O)N1CCC(c2ccnc(N3CC4(CCCCC4)OC3=O)c2)CC1. The molecule has 3 fully saturated rings. The number of carbonyl (C=O) groups is 2. The first-order valence-electron chi connectivity index (χ1n) is 9.78. The van der Waals surface area contributed by atoms with E-state index in [1.165, 1.54) is 12.0 Å². The smallest absolute Gasteiger partial charge is 0.416 e. The number of nitrogens with zero attached hydrogens (tertiary/aromatic N) is 3. The Morgan fingerprint density at radius 2 is 1.96 bits per heavy atom. The van der Waals surface area contributed by atoms with E-state index >= 15 is 0 Å². The standard InChI is InChI=1S/C20H27N3O3/c1-15(24)22-11-6-16(7-12-22)17-5-10-21-18(13-17)23-14-20(26-19(23)25)8-3-2-4-9-20/h5,10,13,16H,2-4,6-9,11-12,14H2,1H3. The van der Waals surface area contributed by atoms with E-state index in [0.29, 0.717) is 18.3 Å².